The molecule has 0 aliphatic carbocycles. The summed E-state index contributed by atoms with van der Waals surface area (Å²) >= 11 is 0. The first-order chi connectivity index (χ1) is 8.58. The molecular formula is C14H21NO3. The van der Waals surface area contributed by atoms with Gasteiger partial charge in [0, 0.05) is 17.3 Å². The van der Waals surface area contributed by atoms with Crippen molar-refractivity contribution in [3.8, 4) is 5.75 Å². The van der Waals surface area contributed by atoms with Crippen LogP contribution in [0.5, 0.6) is 5.75 Å². The Hall–Kier alpha value is -1.58. The van der Waals surface area contributed by atoms with Crippen molar-refractivity contribution in [2.24, 2.45) is 5.92 Å². The monoisotopic (exact) mass is 251 g/mol. The minimum absolute atomic E-state index is 0.104. The van der Waals surface area contributed by atoms with Crippen LogP contribution in [0.15, 0.2) is 24.3 Å². The zero-order valence-corrected chi connectivity index (χ0v) is 11.3. The molecule has 2 unspecified atom stereocenters. The van der Waals surface area contributed by atoms with E-state index in [2.05, 4.69) is 0 Å². The van der Waals surface area contributed by atoms with Gasteiger partial charge in [0.1, 0.15) is 5.75 Å². The van der Waals surface area contributed by atoms with Gasteiger partial charge in [0.25, 0.3) is 0 Å². The van der Waals surface area contributed by atoms with Gasteiger partial charge in [-0.2, -0.15) is 0 Å². The number of hydrogen-bond donors (Lipinski definition) is 0. The van der Waals surface area contributed by atoms with Crippen LogP contribution in [0.4, 0.5) is 0 Å². The molecule has 0 bridgehead atoms. The maximum Gasteiger partial charge on any atom is 0.215 e. The van der Waals surface area contributed by atoms with Gasteiger partial charge in [-0.05, 0) is 30.5 Å². The third-order valence-electron chi connectivity index (χ3n) is 3.39. The van der Waals surface area contributed by atoms with Gasteiger partial charge in [0.05, 0.1) is 7.11 Å². The molecule has 0 aromatic heterocycles. The third-order valence-corrected chi connectivity index (χ3v) is 3.39. The van der Waals surface area contributed by atoms with E-state index in [9.17, 15) is 10.1 Å². The summed E-state index contributed by atoms with van der Waals surface area (Å²) in [5.41, 5.74) is 1.20. The summed E-state index contributed by atoms with van der Waals surface area (Å²) in [5, 5.41) is 10.9. The molecule has 100 valence electrons. The van der Waals surface area contributed by atoms with Crippen molar-refractivity contribution in [2.75, 3.05) is 7.11 Å². The van der Waals surface area contributed by atoms with Crippen molar-refractivity contribution in [1.29, 1.82) is 0 Å². The van der Waals surface area contributed by atoms with Crippen LogP contribution in [0.3, 0.4) is 0 Å². The molecule has 0 spiro atoms. The molecule has 0 aliphatic rings. The van der Waals surface area contributed by atoms with Crippen LogP contribution in [-0.2, 0) is 6.42 Å². The van der Waals surface area contributed by atoms with Crippen molar-refractivity contribution >= 4 is 0 Å². The first-order valence-corrected chi connectivity index (χ1v) is 6.34. The van der Waals surface area contributed by atoms with Crippen molar-refractivity contribution in [3.63, 3.8) is 0 Å². The van der Waals surface area contributed by atoms with Crippen LogP contribution in [-0.4, -0.2) is 18.1 Å². The van der Waals surface area contributed by atoms with E-state index in [0.717, 1.165) is 18.6 Å². The lowest BCUT2D eigenvalue weighted by molar-refractivity contribution is -0.532. The van der Waals surface area contributed by atoms with E-state index < -0.39 is 6.04 Å². The van der Waals surface area contributed by atoms with Gasteiger partial charge in [-0.25, -0.2) is 0 Å². The number of hydrogen-bond acceptors (Lipinski definition) is 3. The van der Waals surface area contributed by atoms with Crippen molar-refractivity contribution in [1.82, 2.24) is 0 Å². The predicted molar refractivity (Wildman–Crippen MR) is 71.6 cm³/mol. The summed E-state index contributed by atoms with van der Waals surface area (Å²) in [6, 6.07) is 7.44. The van der Waals surface area contributed by atoms with E-state index >= 15 is 0 Å². The quantitative estimate of drug-likeness (QED) is 0.551. The fourth-order valence-corrected chi connectivity index (χ4v) is 2.14. The number of nitro groups is 1. The zero-order chi connectivity index (χ0) is 13.5. The second-order valence-corrected chi connectivity index (χ2v) is 4.62. The Labute approximate surface area is 108 Å². The number of nitrogens with zero attached hydrogens (tertiary/aromatic N) is 1. The highest BCUT2D eigenvalue weighted by molar-refractivity contribution is 5.27. The Bertz CT molecular complexity index is 375. The molecular weight excluding hydrogens is 230 g/mol. The summed E-state index contributed by atoms with van der Waals surface area (Å²) in [6.07, 6.45) is 2.30. The van der Waals surface area contributed by atoms with E-state index in [4.69, 9.17) is 4.74 Å². The van der Waals surface area contributed by atoms with E-state index in [-0.39, 0.29) is 10.8 Å². The van der Waals surface area contributed by atoms with Crippen LogP contribution in [0.1, 0.15) is 32.3 Å². The van der Waals surface area contributed by atoms with E-state index in [1.54, 1.807) is 7.11 Å². The third kappa shape index (κ3) is 4.02. The van der Waals surface area contributed by atoms with Crippen LogP contribution in [0.2, 0.25) is 0 Å². The zero-order valence-electron chi connectivity index (χ0n) is 11.3. The Morgan fingerprint density at radius 3 is 2.39 bits per heavy atom. The van der Waals surface area contributed by atoms with Crippen LogP contribution in [0.25, 0.3) is 0 Å². The molecule has 1 rings (SSSR count). The highest BCUT2D eigenvalue weighted by Gasteiger charge is 2.25. The Morgan fingerprint density at radius 2 is 1.94 bits per heavy atom. The van der Waals surface area contributed by atoms with E-state index in [0.29, 0.717) is 6.42 Å². The van der Waals surface area contributed by atoms with Crippen LogP contribution in [0, 0.1) is 16.0 Å². The number of ether oxygens (including phenoxy) is 1. The second-order valence-electron chi connectivity index (χ2n) is 4.62. The molecule has 0 fully saturated rings. The highest BCUT2D eigenvalue weighted by atomic mass is 16.6. The van der Waals surface area contributed by atoms with Gasteiger partial charge in [0.2, 0.25) is 6.04 Å². The molecule has 4 heteroatoms. The molecule has 0 saturated heterocycles. The maximum absolute atomic E-state index is 10.9. The van der Waals surface area contributed by atoms with Gasteiger partial charge in [0.15, 0.2) is 0 Å². The lowest BCUT2D eigenvalue weighted by atomic mass is 9.93. The molecule has 2 atom stereocenters. The topological polar surface area (TPSA) is 52.4 Å². The average molecular weight is 251 g/mol. The largest absolute Gasteiger partial charge is 0.497 e. The average Bonchev–Trinajstić information content (AvgIpc) is 2.37. The fraction of sp³-hybridized carbons (Fsp3) is 0.571. The summed E-state index contributed by atoms with van der Waals surface area (Å²) < 4.78 is 5.09. The number of rotatable bonds is 7. The molecule has 1 aromatic rings. The predicted octanol–water partition coefficient (Wildman–Crippen LogP) is 3.32. The lowest BCUT2D eigenvalue weighted by Gasteiger charge is -2.15. The molecule has 0 amide bonds. The Morgan fingerprint density at radius 1 is 1.33 bits per heavy atom. The first-order valence-electron chi connectivity index (χ1n) is 6.34. The number of aryl methyl sites for hydroxylation is 1. The summed E-state index contributed by atoms with van der Waals surface area (Å²) in [4.78, 5) is 10.7. The van der Waals surface area contributed by atoms with Crippen LogP contribution >= 0.6 is 0 Å². The van der Waals surface area contributed by atoms with E-state index in [1.165, 1.54) is 5.56 Å². The van der Waals surface area contributed by atoms with Crippen molar-refractivity contribution in [2.45, 2.75) is 39.2 Å². The van der Waals surface area contributed by atoms with Crippen molar-refractivity contribution < 1.29 is 9.66 Å². The highest BCUT2D eigenvalue weighted by Crippen LogP contribution is 2.19. The van der Waals surface area contributed by atoms with E-state index in [1.807, 2.05) is 38.1 Å². The molecule has 0 heterocycles. The minimum Gasteiger partial charge on any atom is -0.497 e. The van der Waals surface area contributed by atoms with Crippen molar-refractivity contribution in [3.05, 3.63) is 39.9 Å². The number of benzene rings is 1. The maximum atomic E-state index is 10.9. The van der Waals surface area contributed by atoms with Gasteiger partial charge in [-0.1, -0.05) is 26.0 Å². The molecule has 18 heavy (non-hydrogen) atoms. The summed E-state index contributed by atoms with van der Waals surface area (Å²) in [5.74, 6) is 0.940. The fourth-order valence-electron chi connectivity index (χ4n) is 2.14. The Kier molecular flexibility index (Phi) is 5.62. The minimum atomic E-state index is -0.428. The molecule has 0 saturated carbocycles. The van der Waals surface area contributed by atoms with Crippen LogP contribution < -0.4 is 4.74 Å². The smallest absolute Gasteiger partial charge is 0.215 e. The summed E-state index contributed by atoms with van der Waals surface area (Å²) in [6.45, 7) is 3.83. The van der Waals surface area contributed by atoms with Gasteiger partial charge < -0.3 is 4.74 Å². The van der Waals surface area contributed by atoms with Gasteiger partial charge >= 0.3 is 0 Å². The Balaban J connectivity index is 2.50. The first kappa shape index (κ1) is 14.5. The summed E-state index contributed by atoms with van der Waals surface area (Å²) in [7, 11) is 1.64. The standard InChI is InChI=1S/C14H21NO3/c1-4-14(15(16)17)11(2)5-6-12-7-9-13(18-3)10-8-12/h7-11,14H,4-6H2,1-3H3. The number of methoxy groups -OCH3 is 1. The molecule has 4 nitrogen and oxygen atoms in total. The lowest BCUT2D eigenvalue weighted by Crippen LogP contribution is -2.26. The normalized spacial score (nSPS) is 13.9. The molecule has 0 radical (unpaired) electrons. The van der Waals surface area contributed by atoms with Gasteiger partial charge in [-0.15, -0.1) is 0 Å². The molecule has 1 aromatic carbocycles. The van der Waals surface area contributed by atoms with Gasteiger partial charge in [-0.3, -0.25) is 10.1 Å². The molecule has 0 N–H and O–H groups in total. The molecule has 0 aliphatic heterocycles. The SMILES string of the molecule is CCC(C(C)CCc1ccc(OC)cc1)[N+](=O)[O-]. The second kappa shape index (κ2) is 6.99.